The van der Waals surface area contributed by atoms with Crippen LogP contribution in [0.3, 0.4) is 0 Å². The summed E-state index contributed by atoms with van der Waals surface area (Å²) in [7, 11) is 5.57. The smallest absolute Gasteiger partial charge is 0.193 e. The summed E-state index contributed by atoms with van der Waals surface area (Å²) >= 11 is 0. The molecular weight excluding hydrogens is 393 g/mol. The van der Waals surface area contributed by atoms with Crippen molar-refractivity contribution in [3.05, 3.63) is 29.8 Å². The van der Waals surface area contributed by atoms with Crippen molar-refractivity contribution < 1.29 is 9.47 Å². The van der Waals surface area contributed by atoms with Crippen molar-refractivity contribution in [1.82, 2.24) is 10.2 Å². The SMILES string of the molecule is CN=C(NCc1ccc(OC)cc1)N(C)CC1CCOC1.I. The van der Waals surface area contributed by atoms with Crippen LogP contribution in [0.4, 0.5) is 0 Å². The van der Waals surface area contributed by atoms with Crippen molar-refractivity contribution in [2.24, 2.45) is 10.9 Å². The van der Waals surface area contributed by atoms with E-state index in [0.29, 0.717) is 5.92 Å². The van der Waals surface area contributed by atoms with Gasteiger partial charge in [0.05, 0.1) is 13.7 Å². The number of rotatable bonds is 5. The van der Waals surface area contributed by atoms with Gasteiger partial charge in [0.1, 0.15) is 5.75 Å². The maximum atomic E-state index is 5.42. The zero-order chi connectivity index (χ0) is 15.1. The highest BCUT2D eigenvalue weighted by molar-refractivity contribution is 14.0. The number of guanidine groups is 1. The molecule has 1 heterocycles. The van der Waals surface area contributed by atoms with Crippen LogP contribution < -0.4 is 10.1 Å². The number of hydrogen-bond donors (Lipinski definition) is 1. The van der Waals surface area contributed by atoms with Crippen molar-refractivity contribution in [3.8, 4) is 5.75 Å². The van der Waals surface area contributed by atoms with E-state index in [9.17, 15) is 0 Å². The van der Waals surface area contributed by atoms with Crippen molar-refractivity contribution >= 4 is 29.9 Å². The highest BCUT2D eigenvalue weighted by atomic mass is 127. The number of aliphatic imine (C=N–C) groups is 1. The van der Waals surface area contributed by atoms with Gasteiger partial charge < -0.3 is 19.7 Å². The molecule has 1 aliphatic heterocycles. The standard InChI is InChI=1S/C16H25N3O2.HI/c1-17-16(19(2)11-14-8-9-21-12-14)18-10-13-4-6-15(20-3)7-5-13;/h4-7,14H,8-12H2,1-3H3,(H,17,18);1H. The Hall–Kier alpha value is -1.02. The first-order valence-electron chi connectivity index (χ1n) is 7.35. The summed E-state index contributed by atoms with van der Waals surface area (Å²) in [5.41, 5.74) is 1.20. The zero-order valence-corrected chi connectivity index (χ0v) is 15.9. The van der Waals surface area contributed by atoms with Crippen LogP contribution >= 0.6 is 24.0 Å². The predicted octanol–water partition coefficient (Wildman–Crippen LogP) is 2.36. The van der Waals surface area contributed by atoms with E-state index in [2.05, 4.69) is 34.4 Å². The molecule has 1 unspecified atom stereocenters. The first kappa shape index (κ1) is 19.0. The fourth-order valence-corrected chi connectivity index (χ4v) is 2.51. The van der Waals surface area contributed by atoms with Crippen molar-refractivity contribution in [3.63, 3.8) is 0 Å². The second-order valence-electron chi connectivity index (χ2n) is 5.36. The molecule has 1 aliphatic rings. The third kappa shape index (κ3) is 5.64. The summed E-state index contributed by atoms with van der Waals surface area (Å²) in [5.74, 6) is 2.40. The Bertz CT molecular complexity index is 459. The van der Waals surface area contributed by atoms with Crippen LogP contribution in [0.1, 0.15) is 12.0 Å². The van der Waals surface area contributed by atoms with E-state index in [0.717, 1.165) is 44.4 Å². The van der Waals surface area contributed by atoms with Crippen LogP contribution in [0, 0.1) is 5.92 Å². The van der Waals surface area contributed by atoms with Crippen LogP contribution in [0.15, 0.2) is 29.3 Å². The molecule has 1 fully saturated rings. The zero-order valence-electron chi connectivity index (χ0n) is 13.5. The number of halogens is 1. The van der Waals surface area contributed by atoms with E-state index in [-0.39, 0.29) is 24.0 Å². The number of ether oxygens (including phenoxy) is 2. The van der Waals surface area contributed by atoms with Crippen LogP contribution in [0.5, 0.6) is 5.75 Å². The summed E-state index contributed by atoms with van der Waals surface area (Å²) in [6, 6.07) is 8.06. The normalized spacial score (nSPS) is 17.8. The monoisotopic (exact) mass is 419 g/mol. The van der Waals surface area contributed by atoms with Crippen LogP contribution in [0.2, 0.25) is 0 Å². The highest BCUT2D eigenvalue weighted by Gasteiger charge is 2.18. The summed E-state index contributed by atoms with van der Waals surface area (Å²) in [6.45, 7) is 3.47. The van der Waals surface area contributed by atoms with E-state index in [4.69, 9.17) is 9.47 Å². The fraction of sp³-hybridized carbons (Fsp3) is 0.562. The molecule has 2 rings (SSSR count). The third-order valence-corrected chi connectivity index (χ3v) is 3.74. The van der Waals surface area contributed by atoms with Crippen LogP contribution in [-0.4, -0.2) is 51.8 Å². The lowest BCUT2D eigenvalue weighted by atomic mass is 10.1. The van der Waals surface area contributed by atoms with Gasteiger partial charge in [0.15, 0.2) is 5.96 Å². The largest absolute Gasteiger partial charge is 0.497 e. The Kier molecular flexibility index (Phi) is 8.55. The molecular formula is C16H26IN3O2. The van der Waals surface area contributed by atoms with Crippen LogP contribution in [-0.2, 0) is 11.3 Å². The Balaban J connectivity index is 0.00000242. The molecule has 0 radical (unpaired) electrons. The van der Waals surface area contributed by atoms with Gasteiger partial charge in [-0.2, -0.15) is 0 Å². The summed E-state index contributed by atoms with van der Waals surface area (Å²) in [5, 5.41) is 3.39. The molecule has 0 bridgehead atoms. The molecule has 1 atom stereocenters. The number of methoxy groups -OCH3 is 1. The maximum Gasteiger partial charge on any atom is 0.193 e. The molecule has 0 saturated carbocycles. The summed E-state index contributed by atoms with van der Waals surface area (Å²) in [4.78, 5) is 6.51. The minimum Gasteiger partial charge on any atom is -0.497 e. The quantitative estimate of drug-likeness (QED) is 0.452. The first-order chi connectivity index (χ1) is 10.2. The van der Waals surface area contributed by atoms with Crippen molar-refractivity contribution in [1.29, 1.82) is 0 Å². The fourth-order valence-electron chi connectivity index (χ4n) is 2.51. The molecule has 124 valence electrons. The van der Waals surface area contributed by atoms with Gasteiger partial charge in [-0.05, 0) is 24.1 Å². The van der Waals surface area contributed by atoms with Crippen molar-refractivity contribution in [2.75, 3.05) is 41.0 Å². The van der Waals surface area contributed by atoms with Gasteiger partial charge in [0.25, 0.3) is 0 Å². The molecule has 0 spiro atoms. The van der Waals surface area contributed by atoms with Crippen LogP contribution in [0.25, 0.3) is 0 Å². The molecule has 0 aliphatic carbocycles. The lowest BCUT2D eigenvalue weighted by Gasteiger charge is -2.24. The molecule has 6 heteroatoms. The van der Waals surface area contributed by atoms with Gasteiger partial charge in [-0.15, -0.1) is 24.0 Å². The second kappa shape index (κ2) is 9.89. The molecule has 0 amide bonds. The molecule has 1 saturated heterocycles. The average Bonchev–Trinajstić information content (AvgIpc) is 3.01. The maximum absolute atomic E-state index is 5.42. The van der Waals surface area contributed by atoms with E-state index < -0.39 is 0 Å². The van der Waals surface area contributed by atoms with Gasteiger partial charge in [0.2, 0.25) is 0 Å². The molecule has 1 aromatic carbocycles. The number of nitrogens with one attached hydrogen (secondary N) is 1. The number of benzene rings is 1. The Labute approximate surface area is 150 Å². The van der Waals surface area contributed by atoms with Gasteiger partial charge >= 0.3 is 0 Å². The van der Waals surface area contributed by atoms with E-state index in [1.165, 1.54) is 5.56 Å². The van der Waals surface area contributed by atoms with Crippen molar-refractivity contribution in [2.45, 2.75) is 13.0 Å². The van der Waals surface area contributed by atoms with E-state index in [1.807, 2.05) is 19.2 Å². The first-order valence-corrected chi connectivity index (χ1v) is 7.35. The summed E-state index contributed by atoms with van der Waals surface area (Å²) < 4.78 is 10.6. The molecule has 0 aromatic heterocycles. The van der Waals surface area contributed by atoms with Gasteiger partial charge in [0, 0.05) is 39.7 Å². The third-order valence-electron chi connectivity index (χ3n) is 3.74. The average molecular weight is 419 g/mol. The summed E-state index contributed by atoms with van der Waals surface area (Å²) in [6.07, 6.45) is 1.14. The lowest BCUT2D eigenvalue weighted by Crippen LogP contribution is -2.41. The lowest BCUT2D eigenvalue weighted by molar-refractivity contribution is 0.181. The predicted molar refractivity (Wildman–Crippen MR) is 100 cm³/mol. The molecule has 22 heavy (non-hydrogen) atoms. The second-order valence-corrected chi connectivity index (χ2v) is 5.36. The Morgan fingerprint density at radius 2 is 2.14 bits per heavy atom. The number of nitrogens with zero attached hydrogens (tertiary/aromatic N) is 2. The molecule has 1 N–H and O–H groups in total. The highest BCUT2D eigenvalue weighted by Crippen LogP contribution is 2.14. The minimum absolute atomic E-state index is 0. The van der Waals surface area contributed by atoms with Gasteiger partial charge in [-0.3, -0.25) is 4.99 Å². The number of hydrogen-bond acceptors (Lipinski definition) is 3. The minimum atomic E-state index is 0. The molecule has 1 aromatic rings. The van der Waals surface area contributed by atoms with E-state index >= 15 is 0 Å². The topological polar surface area (TPSA) is 46.1 Å². The Morgan fingerprint density at radius 3 is 2.68 bits per heavy atom. The Morgan fingerprint density at radius 1 is 1.41 bits per heavy atom. The van der Waals surface area contributed by atoms with Gasteiger partial charge in [-0.1, -0.05) is 12.1 Å². The van der Waals surface area contributed by atoms with Gasteiger partial charge in [-0.25, -0.2) is 0 Å². The molecule has 5 nitrogen and oxygen atoms in total. The van der Waals surface area contributed by atoms with E-state index in [1.54, 1.807) is 7.11 Å².